The molecule has 128 valence electrons. The molecular formula is C15H9F3N4O3. The highest BCUT2D eigenvalue weighted by atomic mass is 19.4. The predicted molar refractivity (Wildman–Crippen MR) is 82.1 cm³/mol. The van der Waals surface area contributed by atoms with Crippen molar-refractivity contribution >= 4 is 28.3 Å². The summed E-state index contributed by atoms with van der Waals surface area (Å²) >= 11 is 0. The third-order valence-electron chi connectivity index (χ3n) is 3.35. The SMILES string of the molecule is O=C(Nc1ccc2nc(C(F)(F)F)[nH]c2c1)c1ccc([N+](=O)[O-])cc1. The fourth-order valence-electron chi connectivity index (χ4n) is 2.16. The predicted octanol–water partition coefficient (Wildman–Crippen LogP) is 3.74. The lowest BCUT2D eigenvalue weighted by atomic mass is 10.2. The van der Waals surface area contributed by atoms with Gasteiger partial charge in [0.1, 0.15) is 0 Å². The largest absolute Gasteiger partial charge is 0.449 e. The number of amides is 1. The Bertz CT molecular complexity index is 964. The minimum atomic E-state index is -4.60. The molecule has 0 saturated carbocycles. The molecule has 0 fully saturated rings. The number of nitrogens with zero attached hydrogens (tertiary/aromatic N) is 2. The zero-order valence-electron chi connectivity index (χ0n) is 12.3. The Balaban J connectivity index is 1.82. The van der Waals surface area contributed by atoms with Gasteiger partial charge in [-0.05, 0) is 30.3 Å². The van der Waals surface area contributed by atoms with E-state index in [4.69, 9.17) is 0 Å². The fraction of sp³-hybridized carbons (Fsp3) is 0.0667. The number of halogens is 3. The molecule has 3 rings (SSSR count). The highest BCUT2D eigenvalue weighted by Gasteiger charge is 2.34. The number of aromatic nitrogens is 2. The average Bonchev–Trinajstić information content (AvgIpc) is 2.98. The molecule has 1 heterocycles. The number of rotatable bonds is 3. The molecular weight excluding hydrogens is 341 g/mol. The van der Waals surface area contributed by atoms with Gasteiger partial charge >= 0.3 is 6.18 Å². The molecule has 0 aliphatic rings. The normalized spacial score (nSPS) is 11.5. The highest BCUT2D eigenvalue weighted by Crippen LogP contribution is 2.29. The summed E-state index contributed by atoms with van der Waals surface area (Å²) in [5.41, 5.74) is 0.504. The average molecular weight is 350 g/mol. The van der Waals surface area contributed by atoms with Crippen molar-refractivity contribution in [3.63, 3.8) is 0 Å². The molecule has 3 aromatic rings. The number of nitro groups is 1. The molecule has 7 nitrogen and oxygen atoms in total. The summed E-state index contributed by atoms with van der Waals surface area (Å²) in [6, 6.07) is 9.00. The second-order valence-corrected chi connectivity index (χ2v) is 5.07. The van der Waals surface area contributed by atoms with Gasteiger partial charge in [-0.25, -0.2) is 4.98 Å². The summed E-state index contributed by atoms with van der Waals surface area (Å²) in [5, 5.41) is 13.1. The van der Waals surface area contributed by atoms with Crippen LogP contribution < -0.4 is 5.32 Å². The van der Waals surface area contributed by atoms with Crippen molar-refractivity contribution in [1.82, 2.24) is 9.97 Å². The summed E-state index contributed by atoms with van der Waals surface area (Å²) in [6.07, 6.45) is -4.60. The highest BCUT2D eigenvalue weighted by molar-refractivity contribution is 6.05. The molecule has 0 aliphatic carbocycles. The summed E-state index contributed by atoms with van der Waals surface area (Å²) in [5.74, 6) is -1.67. The van der Waals surface area contributed by atoms with Gasteiger partial charge in [0, 0.05) is 23.4 Å². The summed E-state index contributed by atoms with van der Waals surface area (Å²) in [7, 11) is 0. The number of hydrogen-bond donors (Lipinski definition) is 2. The Morgan fingerprint density at radius 2 is 1.84 bits per heavy atom. The first kappa shape index (κ1) is 16.4. The Labute approximate surface area is 137 Å². The number of fused-ring (bicyclic) bond motifs is 1. The van der Waals surface area contributed by atoms with E-state index in [9.17, 15) is 28.1 Å². The molecule has 2 N–H and O–H groups in total. The van der Waals surface area contributed by atoms with Crippen LogP contribution >= 0.6 is 0 Å². The number of nitro benzene ring substituents is 1. The van der Waals surface area contributed by atoms with E-state index >= 15 is 0 Å². The van der Waals surface area contributed by atoms with Crippen molar-refractivity contribution in [2.24, 2.45) is 0 Å². The number of carbonyl (C=O) groups excluding carboxylic acids is 1. The molecule has 0 saturated heterocycles. The zero-order valence-corrected chi connectivity index (χ0v) is 12.3. The molecule has 0 aliphatic heterocycles. The Hall–Kier alpha value is -3.43. The van der Waals surface area contributed by atoms with Crippen LogP contribution in [0.15, 0.2) is 42.5 Å². The first-order valence-electron chi connectivity index (χ1n) is 6.87. The summed E-state index contributed by atoms with van der Waals surface area (Å²) in [6.45, 7) is 0. The zero-order chi connectivity index (χ0) is 18.2. The van der Waals surface area contributed by atoms with E-state index in [1.807, 2.05) is 0 Å². The number of carbonyl (C=O) groups is 1. The van der Waals surface area contributed by atoms with E-state index in [0.717, 1.165) is 0 Å². The second kappa shape index (κ2) is 5.89. The fourth-order valence-corrected chi connectivity index (χ4v) is 2.16. The van der Waals surface area contributed by atoms with Crippen molar-refractivity contribution in [2.45, 2.75) is 6.18 Å². The molecule has 2 aromatic carbocycles. The van der Waals surface area contributed by atoms with E-state index in [1.165, 1.54) is 42.5 Å². The number of aromatic amines is 1. The van der Waals surface area contributed by atoms with E-state index in [0.29, 0.717) is 0 Å². The topological polar surface area (TPSA) is 101 Å². The van der Waals surface area contributed by atoms with E-state index < -0.39 is 22.8 Å². The second-order valence-electron chi connectivity index (χ2n) is 5.07. The van der Waals surface area contributed by atoms with Crippen LogP contribution in [0.1, 0.15) is 16.2 Å². The number of anilines is 1. The van der Waals surface area contributed by atoms with E-state index in [-0.39, 0.29) is 28.0 Å². The molecule has 0 unspecified atom stereocenters. The van der Waals surface area contributed by atoms with Gasteiger partial charge in [-0.3, -0.25) is 14.9 Å². The van der Waals surface area contributed by atoms with Crippen LogP contribution in [-0.4, -0.2) is 20.8 Å². The smallest absolute Gasteiger partial charge is 0.334 e. The minimum Gasteiger partial charge on any atom is -0.334 e. The lowest BCUT2D eigenvalue weighted by Crippen LogP contribution is -2.11. The monoisotopic (exact) mass is 350 g/mol. The third-order valence-corrected chi connectivity index (χ3v) is 3.35. The van der Waals surface area contributed by atoms with Gasteiger partial charge in [-0.2, -0.15) is 13.2 Å². The van der Waals surface area contributed by atoms with E-state index in [2.05, 4.69) is 15.3 Å². The molecule has 0 radical (unpaired) electrons. The van der Waals surface area contributed by atoms with Gasteiger partial charge in [-0.1, -0.05) is 0 Å². The van der Waals surface area contributed by atoms with Crippen molar-refractivity contribution in [1.29, 1.82) is 0 Å². The van der Waals surface area contributed by atoms with Gasteiger partial charge < -0.3 is 10.3 Å². The van der Waals surface area contributed by atoms with Crippen molar-refractivity contribution in [3.05, 3.63) is 64.0 Å². The molecule has 0 atom stereocenters. The number of non-ortho nitro benzene ring substituents is 1. The Morgan fingerprint density at radius 3 is 2.44 bits per heavy atom. The first-order valence-corrected chi connectivity index (χ1v) is 6.87. The van der Waals surface area contributed by atoms with Gasteiger partial charge in [0.15, 0.2) is 0 Å². The number of imidazole rings is 1. The van der Waals surface area contributed by atoms with Crippen molar-refractivity contribution in [2.75, 3.05) is 5.32 Å². The van der Waals surface area contributed by atoms with E-state index in [1.54, 1.807) is 0 Å². The van der Waals surface area contributed by atoms with Gasteiger partial charge in [0.25, 0.3) is 11.6 Å². The van der Waals surface area contributed by atoms with Gasteiger partial charge in [-0.15, -0.1) is 0 Å². The quantitative estimate of drug-likeness (QED) is 0.555. The van der Waals surface area contributed by atoms with Crippen LogP contribution in [0.3, 0.4) is 0 Å². The lowest BCUT2D eigenvalue weighted by Gasteiger charge is -2.05. The van der Waals surface area contributed by atoms with Gasteiger partial charge in [0.05, 0.1) is 16.0 Å². The molecule has 0 spiro atoms. The Morgan fingerprint density at radius 1 is 1.16 bits per heavy atom. The maximum Gasteiger partial charge on any atom is 0.449 e. The van der Waals surface area contributed by atoms with Crippen molar-refractivity contribution < 1.29 is 22.9 Å². The van der Waals surface area contributed by atoms with Crippen LogP contribution in [0.5, 0.6) is 0 Å². The minimum absolute atomic E-state index is 0.112. The summed E-state index contributed by atoms with van der Waals surface area (Å²) < 4.78 is 37.9. The first-order chi connectivity index (χ1) is 11.7. The van der Waals surface area contributed by atoms with Crippen LogP contribution in [0, 0.1) is 10.1 Å². The number of benzene rings is 2. The van der Waals surface area contributed by atoms with Crippen LogP contribution in [0.25, 0.3) is 11.0 Å². The molecule has 1 amide bonds. The third kappa shape index (κ3) is 3.42. The summed E-state index contributed by atoms with van der Waals surface area (Å²) in [4.78, 5) is 27.7. The molecule has 25 heavy (non-hydrogen) atoms. The maximum atomic E-state index is 12.6. The maximum absolute atomic E-state index is 12.6. The van der Waals surface area contributed by atoms with Crippen LogP contribution in [-0.2, 0) is 6.18 Å². The number of alkyl halides is 3. The number of H-pyrrole nitrogens is 1. The lowest BCUT2D eigenvalue weighted by molar-refractivity contribution is -0.384. The molecule has 0 bridgehead atoms. The van der Waals surface area contributed by atoms with Gasteiger partial charge in [0.2, 0.25) is 5.82 Å². The Kier molecular flexibility index (Phi) is 3.87. The van der Waals surface area contributed by atoms with Crippen LogP contribution in [0.2, 0.25) is 0 Å². The van der Waals surface area contributed by atoms with Crippen molar-refractivity contribution in [3.8, 4) is 0 Å². The molecule has 10 heteroatoms. The molecule has 1 aromatic heterocycles. The standard InChI is InChI=1S/C15H9F3N4O3/c16-15(17,18)14-20-11-6-3-9(7-12(11)21-14)19-13(23)8-1-4-10(5-2-8)22(24)25/h1-7H,(H,19,23)(H,20,21). The number of hydrogen-bond acceptors (Lipinski definition) is 4. The number of nitrogens with one attached hydrogen (secondary N) is 2. The van der Waals surface area contributed by atoms with Crippen LogP contribution in [0.4, 0.5) is 24.5 Å².